The average molecular weight is 277 g/mol. The SMILES string of the molecule is CC1=[C]([Sn][C]2=C(C)C=CC2)CC=C1. The summed E-state index contributed by atoms with van der Waals surface area (Å²) in [7, 11) is 0. The van der Waals surface area contributed by atoms with Gasteiger partial charge in [0.05, 0.1) is 0 Å². The molecule has 2 aliphatic carbocycles. The van der Waals surface area contributed by atoms with Crippen LogP contribution in [0.4, 0.5) is 0 Å². The number of rotatable bonds is 2. The Balaban J connectivity index is 2.08. The summed E-state index contributed by atoms with van der Waals surface area (Å²) in [5, 5.41) is 0. The molecule has 0 saturated heterocycles. The topological polar surface area (TPSA) is 0 Å². The van der Waals surface area contributed by atoms with Gasteiger partial charge in [-0.1, -0.05) is 0 Å². The van der Waals surface area contributed by atoms with Crippen LogP contribution in [0.1, 0.15) is 26.7 Å². The molecule has 2 rings (SSSR count). The van der Waals surface area contributed by atoms with Crippen LogP contribution < -0.4 is 0 Å². The summed E-state index contributed by atoms with van der Waals surface area (Å²) < 4.78 is 3.56. The van der Waals surface area contributed by atoms with Crippen LogP contribution in [-0.4, -0.2) is 21.1 Å². The molecule has 0 unspecified atom stereocenters. The zero-order chi connectivity index (χ0) is 9.26. The Hall–Kier alpha value is -0.241. The second-order valence-electron chi connectivity index (χ2n) is 3.66. The van der Waals surface area contributed by atoms with E-state index in [9.17, 15) is 0 Å². The standard InChI is InChI=1S/2C6H7.Sn/c2*1-6-4-2-3-5-6;/h2*2,4H,3H2,1H3;. The Kier molecular flexibility index (Phi) is 2.77. The van der Waals surface area contributed by atoms with Gasteiger partial charge in [-0.25, -0.2) is 0 Å². The fourth-order valence-electron chi connectivity index (χ4n) is 1.71. The van der Waals surface area contributed by atoms with Gasteiger partial charge in [-0.05, 0) is 0 Å². The molecule has 0 N–H and O–H groups in total. The van der Waals surface area contributed by atoms with Gasteiger partial charge in [-0.3, -0.25) is 0 Å². The zero-order valence-corrected chi connectivity index (χ0v) is 11.1. The molecular weight excluding hydrogens is 263 g/mol. The van der Waals surface area contributed by atoms with E-state index in [1.165, 1.54) is 12.8 Å². The van der Waals surface area contributed by atoms with Crippen LogP contribution in [0.5, 0.6) is 0 Å². The Morgan fingerprint density at radius 1 is 0.923 bits per heavy atom. The predicted octanol–water partition coefficient (Wildman–Crippen LogP) is 3.16. The molecule has 0 fully saturated rings. The molecule has 2 aliphatic rings. The van der Waals surface area contributed by atoms with Crippen molar-refractivity contribution in [3.8, 4) is 0 Å². The molecule has 0 atom stereocenters. The first-order chi connectivity index (χ1) is 6.27. The van der Waals surface area contributed by atoms with Crippen molar-refractivity contribution in [1.82, 2.24) is 0 Å². The van der Waals surface area contributed by atoms with E-state index in [1.54, 1.807) is 18.3 Å². The van der Waals surface area contributed by atoms with Gasteiger partial charge in [-0.2, -0.15) is 0 Å². The van der Waals surface area contributed by atoms with Gasteiger partial charge in [0, 0.05) is 0 Å². The summed E-state index contributed by atoms with van der Waals surface area (Å²) in [4.78, 5) is 0. The monoisotopic (exact) mass is 278 g/mol. The molecule has 0 aromatic heterocycles. The van der Waals surface area contributed by atoms with Gasteiger partial charge in [0.2, 0.25) is 0 Å². The van der Waals surface area contributed by atoms with E-state index in [-0.39, 0.29) is 21.1 Å². The van der Waals surface area contributed by atoms with E-state index >= 15 is 0 Å². The average Bonchev–Trinajstić information content (AvgIpc) is 2.65. The molecule has 0 amide bonds. The Labute approximate surface area is 90.3 Å². The zero-order valence-electron chi connectivity index (χ0n) is 8.22. The second kappa shape index (κ2) is 3.87. The molecule has 1 heteroatoms. The third kappa shape index (κ3) is 1.98. The molecule has 13 heavy (non-hydrogen) atoms. The Bertz CT molecular complexity index is 306. The van der Waals surface area contributed by atoms with Crippen molar-refractivity contribution in [2.24, 2.45) is 0 Å². The van der Waals surface area contributed by atoms with Crippen molar-refractivity contribution in [3.63, 3.8) is 0 Å². The molecule has 0 aromatic rings. The minimum absolute atomic E-state index is 0.385. The van der Waals surface area contributed by atoms with Crippen LogP contribution in [0.15, 0.2) is 42.6 Å². The van der Waals surface area contributed by atoms with Crippen LogP contribution in [0.2, 0.25) is 0 Å². The quantitative estimate of drug-likeness (QED) is 0.680. The molecule has 0 heterocycles. The van der Waals surface area contributed by atoms with Crippen LogP contribution in [0.25, 0.3) is 0 Å². The second-order valence-corrected chi connectivity index (χ2v) is 7.82. The first-order valence-electron chi connectivity index (χ1n) is 4.77. The molecule has 0 saturated carbocycles. The minimum atomic E-state index is -0.385. The first kappa shape index (κ1) is 9.32. The van der Waals surface area contributed by atoms with Crippen molar-refractivity contribution in [3.05, 3.63) is 42.6 Å². The molecule has 66 valence electrons. The summed E-state index contributed by atoms with van der Waals surface area (Å²) in [6.45, 7) is 4.52. The normalized spacial score (nSPS) is 21.1. The number of allylic oxidation sites excluding steroid dienone is 8. The fourth-order valence-corrected chi connectivity index (χ4v) is 5.61. The first-order valence-corrected chi connectivity index (χ1v) is 7.62. The summed E-state index contributed by atoms with van der Waals surface area (Å²) in [6, 6.07) is 0. The fraction of sp³-hybridized carbons (Fsp3) is 0.333. The summed E-state index contributed by atoms with van der Waals surface area (Å²) >= 11 is -0.385. The molecule has 0 nitrogen and oxygen atoms in total. The van der Waals surface area contributed by atoms with E-state index in [1.807, 2.05) is 0 Å². The predicted molar refractivity (Wildman–Crippen MR) is 58.7 cm³/mol. The van der Waals surface area contributed by atoms with Gasteiger partial charge in [-0.15, -0.1) is 0 Å². The van der Waals surface area contributed by atoms with Gasteiger partial charge in [0.25, 0.3) is 0 Å². The maximum absolute atomic E-state index is 2.31. The molecule has 0 spiro atoms. The van der Waals surface area contributed by atoms with Gasteiger partial charge < -0.3 is 0 Å². The summed E-state index contributed by atoms with van der Waals surface area (Å²) in [5.41, 5.74) is 3.11. The van der Waals surface area contributed by atoms with Crippen molar-refractivity contribution >= 4 is 21.1 Å². The van der Waals surface area contributed by atoms with Crippen molar-refractivity contribution in [2.75, 3.05) is 0 Å². The van der Waals surface area contributed by atoms with Crippen molar-refractivity contribution < 1.29 is 0 Å². The molecule has 2 radical (unpaired) electrons. The van der Waals surface area contributed by atoms with E-state index in [0.29, 0.717) is 0 Å². The Morgan fingerprint density at radius 2 is 1.38 bits per heavy atom. The van der Waals surface area contributed by atoms with E-state index < -0.39 is 0 Å². The van der Waals surface area contributed by atoms with Gasteiger partial charge >= 0.3 is 90.5 Å². The van der Waals surface area contributed by atoms with Gasteiger partial charge in [0.1, 0.15) is 0 Å². The third-order valence-electron chi connectivity index (χ3n) is 2.63. The molecular formula is C12H14Sn. The summed E-state index contributed by atoms with van der Waals surface area (Å²) in [6.07, 6.45) is 11.7. The number of hydrogen-bond acceptors (Lipinski definition) is 0. The molecule has 0 bridgehead atoms. The molecule has 0 aliphatic heterocycles. The van der Waals surface area contributed by atoms with Crippen LogP contribution in [-0.2, 0) is 0 Å². The van der Waals surface area contributed by atoms with Gasteiger partial charge in [0.15, 0.2) is 0 Å². The van der Waals surface area contributed by atoms with Crippen LogP contribution in [0, 0.1) is 0 Å². The Morgan fingerprint density at radius 3 is 1.69 bits per heavy atom. The van der Waals surface area contributed by atoms with E-state index in [4.69, 9.17) is 0 Å². The van der Waals surface area contributed by atoms with Crippen molar-refractivity contribution in [1.29, 1.82) is 0 Å². The van der Waals surface area contributed by atoms with E-state index in [2.05, 4.69) is 38.2 Å². The third-order valence-corrected chi connectivity index (χ3v) is 7.77. The van der Waals surface area contributed by atoms with Crippen molar-refractivity contribution in [2.45, 2.75) is 26.7 Å². The van der Waals surface area contributed by atoms with Crippen LogP contribution in [0.3, 0.4) is 0 Å². The maximum atomic E-state index is 2.31. The summed E-state index contributed by atoms with van der Waals surface area (Å²) in [5.74, 6) is 0. The van der Waals surface area contributed by atoms with Crippen LogP contribution >= 0.6 is 0 Å². The molecule has 0 aromatic carbocycles. The van der Waals surface area contributed by atoms with E-state index in [0.717, 1.165) is 0 Å². The number of hydrogen-bond donors (Lipinski definition) is 0.